The summed E-state index contributed by atoms with van der Waals surface area (Å²) in [6, 6.07) is 3.56. The number of benzene rings is 2. The van der Waals surface area contributed by atoms with Gasteiger partial charge >= 0.3 is 5.69 Å². The van der Waals surface area contributed by atoms with Crippen LogP contribution in [0.4, 0.5) is 28.9 Å². The SMILES string of the molecule is COc1ccc(NC(=S)NC(=O)c2c(F)c(F)c(OC)c(F)c2F)cc1[N+](=O)[O-]. The van der Waals surface area contributed by atoms with Gasteiger partial charge in [0, 0.05) is 11.8 Å². The van der Waals surface area contributed by atoms with E-state index in [1.165, 1.54) is 19.2 Å². The highest BCUT2D eigenvalue weighted by molar-refractivity contribution is 7.80. The van der Waals surface area contributed by atoms with E-state index in [0.29, 0.717) is 0 Å². The predicted octanol–water partition coefficient (Wildman–Crippen LogP) is 3.30. The van der Waals surface area contributed by atoms with Crippen LogP contribution in [0, 0.1) is 33.4 Å². The minimum atomic E-state index is -1.99. The lowest BCUT2D eigenvalue weighted by molar-refractivity contribution is -0.385. The Bertz CT molecular complexity index is 990. The van der Waals surface area contributed by atoms with Crippen molar-refractivity contribution >= 4 is 34.6 Å². The molecule has 2 N–H and O–H groups in total. The standard InChI is InChI=1S/C16H11F4N3O5S/c1-27-8-4-3-6(5-7(8)23(25)26)21-16(29)22-15(24)9-10(17)12(19)14(28-2)13(20)11(9)18/h3-5H,1-2H3,(H2,21,22,24,29). The van der Waals surface area contributed by atoms with Gasteiger partial charge in [0.1, 0.15) is 5.56 Å². The third-order valence-electron chi connectivity index (χ3n) is 3.51. The van der Waals surface area contributed by atoms with Crippen LogP contribution in [0.2, 0.25) is 0 Å². The topological polar surface area (TPSA) is 103 Å². The number of rotatable bonds is 5. The van der Waals surface area contributed by atoms with Crippen LogP contribution < -0.4 is 20.1 Å². The van der Waals surface area contributed by atoms with Crippen molar-refractivity contribution in [1.82, 2.24) is 5.32 Å². The van der Waals surface area contributed by atoms with Gasteiger partial charge in [-0.3, -0.25) is 20.2 Å². The zero-order valence-corrected chi connectivity index (χ0v) is 15.5. The number of anilines is 1. The van der Waals surface area contributed by atoms with E-state index >= 15 is 0 Å². The number of nitrogens with one attached hydrogen (secondary N) is 2. The number of carbonyl (C=O) groups excluding carboxylic acids is 1. The van der Waals surface area contributed by atoms with Crippen LogP contribution in [-0.2, 0) is 0 Å². The Hall–Kier alpha value is -3.48. The van der Waals surface area contributed by atoms with Gasteiger partial charge in [-0.25, -0.2) is 8.78 Å². The molecule has 13 heteroatoms. The van der Waals surface area contributed by atoms with E-state index in [1.807, 2.05) is 5.32 Å². The highest BCUT2D eigenvalue weighted by Crippen LogP contribution is 2.31. The number of carbonyl (C=O) groups is 1. The van der Waals surface area contributed by atoms with Crippen molar-refractivity contribution in [3.8, 4) is 11.5 Å². The number of ether oxygens (including phenoxy) is 2. The van der Waals surface area contributed by atoms with E-state index in [9.17, 15) is 32.5 Å². The molecule has 0 spiro atoms. The molecule has 0 unspecified atom stereocenters. The first-order valence-electron chi connectivity index (χ1n) is 7.47. The van der Waals surface area contributed by atoms with Crippen molar-refractivity contribution < 1.29 is 36.8 Å². The van der Waals surface area contributed by atoms with Gasteiger partial charge in [-0.2, -0.15) is 8.78 Å². The molecule has 0 saturated carbocycles. The summed E-state index contributed by atoms with van der Waals surface area (Å²) in [4.78, 5) is 22.3. The van der Waals surface area contributed by atoms with Crippen LogP contribution in [-0.4, -0.2) is 30.2 Å². The third-order valence-corrected chi connectivity index (χ3v) is 3.72. The van der Waals surface area contributed by atoms with Gasteiger partial charge in [0.25, 0.3) is 5.91 Å². The molecule has 2 rings (SSSR count). The number of nitrogens with zero attached hydrogens (tertiary/aromatic N) is 1. The van der Waals surface area contributed by atoms with Gasteiger partial charge in [-0.1, -0.05) is 0 Å². The molecule has 0 atom stereocenters. The minimum Gasteiger partial charge on any atom is -0.491 e. The highest BCUT2D eigenvalue weighted by atomic mass is 32.1. The number of halogens is 4. The maximum Gasteiger partial charge on any atom is 0.312 e. The molecule has 0 bridgehead atoms. The van der Waals surface area contributed by atoms with Crippen LogP contribution in [0.25, 0.3) is 0 Å². The van der Waals surface area contributed by atoms with Crippen molar-refractivity contribution in [3.63, 3.8) is 0 Å². The summed E-state index contributed by atoms with van der Waals surface area (Å²) in [5, 5.41) is 14.6. The summed E-state index contributed by atoms with van der Waals surface area (Å²) in [6.45, 7) is 0. The maximum absolute atomic E-state index is 14.0. The van der Waals surface area contributed by atoms with Gasteiger partial charge in [0.2, 0.25) is 11.6 Å². The van der Waals surface area contributed by atoms with E-state index in [1.54, 1.807) is 0 Å². The first-order chi connectivity index (χ1) is 13.6. The fourth-order valence-corrected chi connectivity index (χ4v) is 2.44. The second-order valence-corrected chi connectivity index (χ2v) is 5.62. The first-order valence-corrected chi connectivity index (χ1v) is 7.87. The number of hydrogen-bond acceptors (Lipinski definition) is 6. The largest absolute Gasteiger partial charge is 0.491 e. The first kappa shape index (κ1) is 21.8. The average molecular weight is 433 g/mol. The Kier molecular flexibility index (Phi) is 6.53. The van der Waals surface area contributed by atoms with Gasteiger partial charge in [0.15, 0.2) is 28.2 Å². The van der Waals surface area contributed by atoms with Crippen molar-refractivity contribution in [2.24, 2.45) is 0 Å². The van der Waals surface area contributed by atoms with E-state index in [-0.39, 0.29) is 11.4 Å². The molecule has 0 radical (unpaired) electrons. The van der Waals surface area contributed by atoms with Gasteiger partial charge in [0.05, 0.1) is 19.1 Å². The predicted molar refractivity (Wildman–Crippen MR) is 96.2 cm³/mol. The smallest absolute Gasteiger partial charge is 0.312 e. The summed E-state index contributed by atoms with van der Waals surface area (Å²) in [5.74, 6) is -10.8. The fraction of sp³-hybridized carbons (Fsp3) is 0.125. The van der Waals surface area contributed by atoms with E-state index in [0.717, 1.165) is 13.2 Å². The molecule has 1 amide bonds. The monoisotopic (exact) mass is 433 g/mol. The van der Waals surface area contributed by atoms with Crippen LogP contribution in [0.5, 0.6) is 11.5 Å². The number of hydrogen-bond donors (Lipinski definition) is 2. The Morgan fingerprint density at radius 3 is 2.14 bits per heavy atom. The molecule has 0 aliphatic carbocycles. The molecule has 0 aromatic heterocycles. The van der Waals surface area contributed by atoms with Crippen molar-refractivity contribution in [3.05, 3.63) is 57.1 Å². The third kappa shape index (κ3) is 4.34. The number of nitro benzene ring substituents is 1. The minimum absolute atomic E-state index is 0.0239. The molecule has 8 nitrogen and oxygen atoms in total. The molecule has 0 aliphatic rings. The lowest BCUT2D eigenvalue weighted by atomic mass is 10.1. The Labute approximate surface area is 165 Å². The molecule has 0 saturated heterocycles. The quantitative estimate of drug-likeness (QED) is 0.245. The number of thiocarbonyl (C=S) groups is 1. The van der Waals surface area contributed by atoms with Crippen molar-refractivity contribution in [1.29, 1.82) is 0 Å². The summed E-state index contributed by atoms with van der Waals surface area (Å²) in [6.07, 6.45) is 0. The van der Waals surface area contributed by atoms with E-state index < -0.39 is 56.2 Å². The summed E-state index contributed by atoms with van der Waals surface area (Å²) in [5.41, 5.74) is -1.97. The summed E-state index contributed by atoms with van der Waals surface area (Å²) in [7, 11) is 2.00. The molecule has 154 valence electrons. The van der Waals surface area contributed by atoms with Gasteiger partial charge in [-0.15, -0.1) is 0 Å². The zero-order valence-electron chi connectivity index (χ0n) is 14.6. The molecular formula is C16H11F4N3O5S. The molecule has 0 heterocycles. The second kappa shape index (κ2) is 8.68. The molecule has 29 heavy (non-hydrogen) atoms. The van der Waals surface area contributed by atoms with Crippen LogP contribution in [0.15, 0.2) is 18.2 Å². The Morgan fingerprint density at radius 2 is 1.66 bits per heavy atom. The van der Waals surface area contributed by atoms with Crippen LogP contribution >= 0.6 is 12.2 Å². The molecular weight excluding hydrogens is 422 g/mol. The average Bonchev–Trinajstić information content (AvgIpc) is 2.66. The van der Waals surface area contributed by atoms with Gasteiger partial charge < -0.3 is 14.8 Å². The number of amides is 1. The van der Waals surface area contributed by atoms with Crippen LogP contribution in [0.3, 0.4) is 0 Å². The number of nitro groups is 1. The summed E-state index contributed by atoms with van der Waals surface area (Å²) >= 11 is 4.78. The molecule has 0 aliphatic heterocycles. The Morgan fingerprint density at radius 1 is 1.07 bits per heavy atom. The van der Waals surface area contributed by atoms with E-state index in [2.05, 4.69) is 10.1 Å². The van der Waals surface area contributed by atoms with Gasteiger partial charge in [-0.05, 0) is 24.4 Å². The Balaban J connectivity index is 2.26. The lowest BCUT2D eigenvalue weighted by Gasteiger charge is -2.13. The van der Waals surface area contributed by atoms with Crippen molar-refractivity contribution in [2.75, 3.05) is 19.5 Å². The van der Waals surface area contributed by atoms with Crippen LogP contribution in [0.1, 0.15) is 10.4 Å². The fourth-order valence-electron chi connectivity index (χ4n) is 2.23. The second-order valence-electron chi connectivity index (χ2n) is 5.22. The maximum atomic E-state index is 14.0. The normalized spacial score (nSPS) is 10.3. The number of methoxy groups -OCH3 is 2. The molecule has 2 aromatic carbocycles. The van der Waals surface area contributed by atoms with Crippen molar-refractivity contribution in [2.45, 2.75) is 0 Å². The molecule has 2 aromatic rings. The summed E-state index contributed by atoms with van der Waals surface area (Å²) < 4.78 is 64.4. The lowest BCUT2D eigenvalue weighted by Crippen LogP contribution is -2.35. The zero-order chi connectivity index (χ0) is 21.9. The molecule has 0 fully saturated rings. The highest BCUT2D eigenvalue weighted by Gasteiger charge is 2.30. The van der Waals surface area contributed by atoms with E-state index in [4.69, 9.17) is 17.0 Å².